The summed E-state index contributed by atoms with van der Waals surface area (Å²) in [6.45, 7) is 4.68. The number of nitrogens with zero attached hydrogens (tertiary/aromatic N) is 2. The molecule has 1 heterocycles. The summed E-state index contributed by atoms with van der Waals surface area (Å²) in [6.07, 6.45) is 1.52. The number of carbonyl (C=O) groups excluding carboxylic acids is 2. The van der Waals surface area contributed by atoms with Crippen LogP contribution < -0.4 is 10.2 Å². The van der Waals surface area contributed by atoms with Gasteiger partial charge in [-0.05, 0) is 50.6 Å². The Bertz CT molecular complexity index is 564. The molecule has 0 aromatic heterocycles. The topological polar surface area (TPSA) is 61.9 Å². The molecule has 0 unspecified atom stereocenters. The van der Waals surface area contributed by atoms with E-state index in [0.29, 0.717) is 19.7 Å². The van der Waals surface area contributed by atoms with Gasteiger partial charge in [0.25, 0.3) is 0 Å². The molecule has 1 amide bonds. The van der Waals surface area contributed by atoms with Crippen molar-refractivity contribution in [1.29, 1.82) is 0 Å². The molecule has 2 rings (SSSR count). The zero-order chi connectivity index (χ0) is 18.2. The minimum absolute atomic E-state index is 0.0190. The normalized spacial score (nSPS) is 15.6. The number of amides is 1. The van der Waals surface area contributed by atoms with Gasteiger partial charge in [0.15, 0.2) is 0 Å². The SMILES string of the molecule is CCOC(=O)C1CCN(CC(=O)NCc2ccc(N(C)C)cc2)CC1. The molecule has 0 aliphatic carbocycles. The van der Waals surface area contributed by atoms with Crippen LogP contribution in [-0.2, 0) is 20.9 Å². The van der Waals surface area contributed by atoms with Gasteiger partial charge in [0.2, 0.25) is 5.91 Å². The van der Waals surface area contributed by atoms with Gasteiger partial charge in [-0.2, -0.15) is 0 Å². The lowest BCUT2D eigenvalue weighted by molar-refractivity contribution is -0.149. The molecule has 1 aliphatic heterocycles. The lowest BCUT2D eigenvalue weighted by Crippen LogP contribution is -2.42. The van der Waals surface area contributed by atoms with Crippen molar-refractivity contribution in [2.24, 2.45) is 5.92 Å². The maximum Gasteiger partial charge on any atom is 0.309 e. The lowest BCUT2D eigenvalue weighted by atomic mass is 9.97. The van der Waals surface area contributed by atoms with Crippen LogP contribution in [0.3, 0.4) is 0 Å². The Labute approximate surface area is 150 Å². The number of benzene rings is 1. The number of ether oxygens (including phenoxy) is 1. The van der Waals surface area contributed by atoms with Gasteiger partial charge in [0, 0.05) is 26.3 Å². The van der Waals surface area contributed by atoms with Gasteiger partial charge < -0.3 is 15.0 Å². The molecule has 0 bridgehead atoms. The molecule has 0 atom stereocenters. The number of hydrogen-bond donors (Lipinski definition) is 1. The molecular formula is C19H29N3O3. The predicted octanol–water partition coefficient (Wildman–Crippen LogP) is 1.64. The zero-order valence-corrected chi connectivity index (χ0v) is 15.5. The van der Waals surface area contributed by atoms with Crippen LogP contribution >= 0.6 is 0 Å². The Morgan fingerprint density at radius 2 is 1.84 bits per heavy atom. The fourth-order valence-electron chi connectivity index (χ4n) is 2.96. The van der Waals surface area contributed by atoms with E-state index in [1.165, 1.54) is 0 Å². The van der Waals surface area contributed by atoms with E-state index >= 15 is 0 Å². The summed E-state index contributed by atoms with van der Waals surface area (Å²) in [7, 11) is 4.00. The van der Waals surface area contributed by atoms with Gasteiger partial charge in [-0.1, -0.05) is 12.1 Å². The highest BCUT2D eigenvalue weighted by Crippen LogP contribution is 2.18. The Morgan fingerprint density at radius 3 is 2.40 bits per heavy atom. The Balaban J connectivity index is 1.70. The molecule has 1 saturated heterocycles. The van der Waals surface area contributed by atoms with Crippen LogP contribution in [0, 0.1) is 5.92 Å². The first-order valence-electron chi connectivity index (χ1n) is 8.91. The molecule has 25 heavy (non-hydrogen) atoms. The van der Waals surface area contributed by atoms with Gasteiger partial charge >= 0.3 is 5.97 Å². The van der Waals surface area contributed by atoms with Gasteiger partial charge in [0.1, 0.15) is 0 Å². The van der Waals surface area contributed by atoms with Crippen LogP contribution in [0.2, 0.25) is 0 Å². The summed E-state index contributed by atoms with van der Waals surface area (Å²) in [5.74, 6) is -0.103. The highest BCUT2D eigenvalue weighted by Gasteiger charge is 2.26. The minimum atomic E-state index is -0.104. The molecule has 6 nitrogen and oxygen atoms in total. The third-order valence-electron chi connectivity index (χ3n) is 4.52. The highest BCUT2D eigenvalue weighted by atomic mass is 16.5. The molecule has 1 fully saturated rings. The Hall–Kier alpha value is -2.08. The molecule has 1 aliphatic rings. The van der Waals surface area contributed by atoms with Crippen LogP contribution in [0.1, 0.15) is 25.3 Å². The standard InChI is InChI=1S/C19H29N3O3/c1-4-25-19(24)16-9-11-22(12-10-16)14-18(23)20-13-15-5-7-17(8-6-15)21(2)3/h5-8,16H,4,9-14H2,1-3H3,(H,20,23). The Kier molecular flexibility index (Phi) is 7.25. The van der Waals surface area contributed by atoms with E-state index < -0.39 is 0 Å². The number of esters is 1. The van der Waals surface area contributed by atoms with Crippen molar-refractivity contribution in [1.82, 2.24) is 10.2 Å². The minimum Gasteiger partial charge on any atom is -0.466 e. The van der Waals surface area contributed by atoms with Crippen molar-refractivity contribution < 1.29 is 14.3 Å². The second-order valence-electron chi connectivity index (χ2n) is 6.64. The number of carbonyl (C=O) groups is 2. The average molecular weight is 347 g/mol. The van der Waals surface area contributed by atoms with E-state index in [9.17, 15) is 9.59 Å². The lowest BCUT2D eigenvalue weighted by Gasteiger charge is -2.30. The fraction of sp³-hybridized carbons (Fsp3) is 0.579. The van der Waals surface area contributed by atoms with Crippen LogP contribution in [0.25, 0.3) is 0 Å². The van der Waals surface area contributed by atoms with Crippen molar-refractivity contribution in [3.63, 3.8) is 0 Å². The van der Waals surface area contributed by atoms with Gasteiger partial charge in [0.05, 0.1) is 19.1 Å². The maximum absolute atomic E-state index is 12.1. The van der Waals surface area contributed by atoms with Crippen molar-refractivity contribution in [3.8, 4) is 0 Å². The second-order valence-corrected chi connectivity index (χ2v) is 6.64. The van der Waals surface area contributed by atoms with Crippen LogP contribution in [0.5, 0.6) is 0 Å². The van der Waals surface area contributed by atoms with Crippen molar-refractivity contribution in [3.05, 3.63) is 29.8 Å². The summed E-state index contributed by atoms with van der Waals surface area (Å²) in [6, 6.07) is 8.14. The van der Waals surface area contributed by atoms with Gasteiger partial charge in [-0.25, -0.2) is 0 Å². The summed E-state index contributed by atoms with van der Waals surface area (Å²) in [5, 5.41) is 2.96. The molecule has 0 saturated carbocycles. The maximum atomic E-state index is 12.1. The van der Waals surface area contributed by atoms with Crippen LogP contribution in [0.4, 0.5) is 5.69 Å². The van der Waals surface area contributed by atoms with E-state index in [-0.39, 0.29) is 17.8 Å². The Morgan fingerprint density at radius 1 is 1.20 bits per heavy atom. The largest absolute Gasteiger partial charge is 0.466 e. The summed E-state index contributed by atoms with van der Waals surface area (Å²) in [5.41, 5.74) is 2.22. The van der Waals surface area contributed by atoms with E-state index in [1.54, 1.807) is 0 Å². The summed E-state index contributed by atoms with van der Waals surface area (Å²) >= 11 is 0. The number of rotatable bonds is 7. The molecule has 138 valence electrons. The van der Waals surface area contributed by atoms with E-state index in [1.807, 2.05) is 50.2 Å². The van der Waals surface area contributed by atoms with E-state index in [4.69, 9.17) is 4.74 Å². The summed E-state index contributed by atoms with van der Waals surface area (Å²) in [4.78, 5) is 28.0. The quantitative estimate of drug-likeness (QED) is 0.760. The molecule has 1 N–H and O–H groups in total. The van der Waals surface area contributed by atoms with Crippen LogP contribution in [-0.4, -0.2) is 57.1 Å². The number of anilines is 1. The first kappa shape index (κ1) is 19.2. The number of nitrogens with one attached hydrogen (secondary N) is 1. The van der Waals surface area contributed by atoms with Crippen molar-refractivity contribution in [2.75, 3.05) is 45.2 Å². The second kappa shape index (κ2) is 9.42. The van der Waals surface area contributed by atoms with Gasteiger partial charge in [-0.3, -0.25) is 14.5 Å². The molecular weight excluding hydrogens is 318 g/mol. The van der Waals surface area contributed by atoms with E-state index in [0.717, 1.165) is 37.2 Å². The molecule has 1 aromatic carbocycles. The fourth-order valence-corrected chi connectivity index (χ4v) is 2.96. The zero-order valence-electron chi connectivity index (χ0n) is 15.5. The number of hydrogen-bond acceptors (Lipinski definition) is 5. The first-order chi connectivity index (χ1) is 12.0. The van der Waals surface area contributed by atoms with Crippen LogP contribution in [0.15, 0.2) is 24.3 Å². The molecule has 6 heteroatoms. The average Bonchev–Trinajstić information content (AvgIpc) is 2.61. The van der Waals surface area contributed by atoms with Crippen molar-refractivity contribution >= 4 is 17.6 Å². The number of likely N-dealkylation sites (tertiary alicyclic amines) is 1. The smallest absolute Gasteiger partial charge is 0.309 e. The van der Waals surface area contributed by atoms with E-state index in [2.05, 4.69) is 10.2 Å². The van der Waals surface area contributed by atoms with Crippen molar-refractivity contribution in [2.45, 2.75) is 26.3 Å². The summed E-state index contributed by atoms with van der Waals surface area (Å²) < 4.78 is 5.07. The molecule has 1 aromatic rings. The first-order valence-corrected chi connectivity index (χ1v) is 8.91. The number of piperidine rings is 1. The van der Waals surface area contributed by atoms with Gasteiger partial charge in [-0.15, -0.1) is 0 Å². The molecule has 0 spiro atoms. The third kappa shape index (κ3) is 6.05. The monoisotopic (exact) mass is 347 g/mol. The predicted molar refractivity (Wildman–Crippen MR) is 98.4 cm³/mol. The third-order valence-corrected chi connectivity index (χ3v) is 4.52. The molecule has 0 radical (unpaired) electrons. The highest BCUT2D eigenvalue weighted by molar-refractivity contribution is 5.78.